The monoisotopic (exact) mass is 342 g/mol. The first-order chi connectivity index (χ1) is 10.4. The quantitative estimate of drug-likeness (QED) is 0.771. The fourth-order valence-electron chi connectivity index (χ4n) is 2.08. The summed E-state index contributed by atoms with van der Waals surface area (Å²) in [6, 6.07) is 7.90. The summed E-state index contributed by atoms with van der Waals surface area (Å²) in [4.78, 5) is 11.2. The number of hydrogen-bond acceptors (Lipinski definition) is 4. The number of hydrogen-bond donors (Lipinski definition) is 1. The highest BCUT2D eigenvalue weighted by Crippen LogP contribution is 2.17. The van der Waals surface area contributed by atoms with Crippen LogP contribution in [-0.4, -0.2) is 30.9 Å². The average molecular weight is 342 g/mol. The molecule has 1 saturated heterocycles. The van der Waals surface area contributed by atoms with Gasteiger partial charge in [0, 0.05) is 12.3 Å². The Morgan fingerprint density at radius 3 is 2.41 bits per heavy atom. The molecule has 5 nitrogen and oxygen atoms in total. The maximum absolute atomic E-state index is 11.7. The summed E-state index contributed by atoms with van der Waals surface area (Å²) >= 11 is 1.91. The third-order valence-corrected chi connectivity index (χ3v) is 5.88. The number of nitrogens with zero attached hydrogens (tertiary/aromatic N) is 1. The lowest BCUT2D eigenvalue weighted by molar-refractivity contribution is -0.118. The molecular weight excluding hydrogens is 320 g/mol. The molecule has 1 aliphatic rings. The fourth-order valence-corrected chi connectivity index (χ4v) is 4.38. The highest BCUT2D eigenvalue weighted by atomic mass is 32.2. The molecule has 0 bridgehead atoms. The van der Waals surface area contributed by atoms with E-state index in [4.69, 9.17) is 0 Å². The van der Waals surface area contributed by atoms with Gasteiger partial charge in [0.05, 0.1) is 6.54 Å². The first-order valence-corrected chi connectivity index (χ1v) is 9.92. The Bertz CT molecular complexity index is 612. The van der Waals surface area contributed by atoms with E-state index in [-0.39, 0.29) is 13.1 Å². The molecule has 1 fully saturated rings. The van der Waals surface area contributed by atoms with Gasteiger partial charge < -0.3 is 0 Å². The predicted octanol–water partition coefficient (Wildman–Crippen LogP) is 2.14. The SMILES string of the molecule is CC(C)CCSCc1ccc(CN2CC(=O)NS2(=O)=O)cc1. The second kappa shape index (κ2) is 7.48. The second-order valence-corrected chi connectivity index (χ2v) is 8.63. The summed E-state index contributed by atoms with van der Waals surface area (Å²) in [5.41, 5.74) is 2.12. The largest absolute Gasteiger partial charge is 0.304 e. The van der Waals surface area contributed by atoms with Gasteiger partial charge in [-0.2, -0.15) is 24.5 Å². The van der Waals surface area contributed by atoms with E-state index in [0.29, 0.717) is 0 Å². The van der Waals surface area contributed by atoms with Crippen molar-refractivity contribution < 1.29 is 13.2 Å². The summed E-state index contributed by atoms with van der Waals surface area (Å²) in [5.74, 6) is 2.38. The summed E-state index contributed by atoms with van der Waals surface area (Å²) in [6.45, 7) is 4.57. The summed E-state index contributed by atoms with van der Waals surface area (Å²) in [5, 5.41) is 0. The molecule has 22 heavy (non-hydrogen) atoms. The van der Waals surface area contributed by atoms with Crippen LogP contribution in [0.3, 0.4) is 0 Å². The van der Waals surface area contributed by atoms with Crippen molar-refractivity contribution >= 4 is 27.9 Å². The number of rotatable bonds is 7. The van der Waals surface area contributed by atoms with Gasteiger partial charge in [-0.1, -0.05) is 38.1 Å². The van der Waals surface area contributed by atoms with E-state index in [1.807, 2.05) is 40.7 Å². The number of carbonyl (C=O) groups is 1. The van der Waals surface area contributed by atoms with Crippen molar-refractivity contribution in [2.24, 2.45) is 5.92 Å². The number of thioether (sulfide) groups is 1. The Hall–Kier alpha value is -1.05. The normalized spacial score (nSPS) is 17.9. The van der Waals surface area contributed by atoms with Crippen LogP contribution in [0.4, 0.5) is 0 Å². The van der Waals surface area contributed by atoms with Gasteiger partial charge in [0.15, 0.2) is 0 Å². The Labute approximate surface area is 136 Å². The topological polar surface area (TPSA) is 66.5 Å². The third kappa shape index (κ3) is 5.00. The minimum absolute atomic E-state index is 0.102. The maximum Gasteiger partial charge on any atom is 0.304 e. The van der Waals surface area contributed by atoms with Crippen molar-refractivity contribution in [2.75, 3.05) is 12.3 Å². The van der Waals surface area contributed by atoms with Crippen LogP contribution in [0.15, 0.2) is 24.3 Å². The van der Waals surface area contributed by atoms with Crippen molar-refractivity contribution in [1.82, 2.24) is 9.03 Å². The van der Waals surface area contributed by atoms with Crippen LogP contribution >= 0.6 is 11.8 Å². The van der Waals surface area contributed by atoms with Crippen LogP contribution in [0.25, 0.3) is 0 Å². The molecule has 1 aromatic rings. The molecule has 0 aromatic heterocycles. The molecule has 122 valence electrons. The van der Waals surface area contributed by atoms with Crippen LogP contribution in [-0.2, 0) is 27.3 Å². The molecule has 0 saturated carbocycles. The lowest BCUT2D eigenvalue weighted by atomic mass is 10.1. The van der Waals surface area contributed by atoms with Gasteiger partial charge in [0.2, 0.25) is 5.91 Å². The third-order valence-electron chi connectivity index (χ3n) is 3.39. The summed E-state index contributed by atoms with van der Waals surface area (Å²) < 4.78 is 26.5. The van der Waals surface area contributed by atoms with E-state index in [9.17, 15) is 13.2 Å². The highest BCUT2D eigenvalue weighted by molar-refractivity contribution is 7.98. The second-order valence-electron chi connectivity index (χ2n) is 5.85. The van der Waals surface area contributed by atoms with Crippen LogP contribution in [0.2, 0.25) is 0 Å². The van der Waals surface area contributed by atoms with E-state index in [0.717, 1.165) is 27.3 Å². The predicted molar refractivity (Wildman–Crippen MR) is 89.5 cm³/mol. The van der Waals surface area contributed by atoms with E-state index in [2.05, 4.69) is 13.8 Å². The van der Waals surface area contributed by atoms with Gasteiger partial charge >= 0.3 is 10.2 Å². The number of benzene rings is 1. The first-order valence-electron chi connectivity index (χ1n) is 7.33. The van der Waals surface area contributed by atoms with Crippen molar-refractivity contribution in [2.45, 2.75) is 32.6 Å². The average Bonchev–Trinajstić information content (AvgIpc) is 2.69. The molecule has 0 radical (unpaired) electrons. The molecule has 1 aliphatic heterocycles. The van der Waals surface area contributed by atoms with Crippen molar-refractivity contribution in [3.63, 3.8) is 0 Å². The Balaban J connectivity index is 1.86. The minimum Gasteiger partial charge on any atom is -0.272 e. The van der Waals surface area contributed by atoms with E-state index in [1.54, 1.807) is 0 Å². The van der Waals surface area contributed by atoms with Gasteiger partial charge in [0.25, 0.3) is 0 Å². The number of amides is 1. The minimum atomic E-state index is -3.64. The van der Waals surface area contributed by atoms with Crippen LogP contribution in [0, 0.1) is 5.92 Å². The molecule has 1 N–H and O–H groups in total. The fraction of sp³-hybridized carbons (Fsp3) is 0.533. The van der Waals surface area contributed by atoms with Crippen molar-refractivity contribution in [1.29, 1.82) is 0 Å². The molecule has 0 spiro atoms. The van der Waals surface area contributed by atoms with Crippen LogP contribution in [0.5, 0.6) is 0 Å². The zero-order valence-corrected chi connectivity index (χ0v) is 14.5. The Morgan fingerprint density at radius 2 is 1.86 bits per heavy atom. The van der Waals surface area contributed by atoms with Crippen LogP contribution < -0.4 is 4.72 Å². The summed E-state index contributed by atoms with van der Waals surface area (Å²) in [7, 11) is -3.64. The molecule has 1 aromatic carbocycles. The standard InChI is InChI=1S/C15H22N2O3S2/c1-12(2)7-8-21-11-14-5-3-13(4-6-14)9-17-10-15(18)16-22(17,19)20/h3-6,12H,7-11H2,1-2H3,(H,16,18). The van der Waals surface area contributed by atoms with E-state index in [1.165, 1.54) is 12.0 Å². The summed E-state index contributed by atoms with van der Waals surface area (Å²) in [6.07, 6.45) is 1.22. The van der Waals surface area contributed by atoms with Gasteiger partial charge in [-0.05, 0) is 29.2 Å². The highest BCUT2D eigenvalue weighted by Gasteiger charge is 2.33. The van der Waals surface area contributed by atoms with Crippen LogP contribution in [0.1, 0.15) is 31.4 Å². The molecule has 0 atom stereocenters. The van der Waals surface area contributed by atoms with E-state index >= 15 is 0 Å². The molecule has 2 rings (SSSR count). The smallest absolute Gasteiger partial charge is 0.272 e. The first kappa shape index (κ1) is 17.3. The molecule has 0 unspecified atom stereocenters. The molecule has 1 heterocycles. The lowest BCUT2D eigenvalue weighted by Crippen LogP contribution is -2.29. The maximum atomic E-state index is 11.7. The van der Waals surface area contributed by atoms with Crippen molar-refractivity contribution in [3.05, 3.63) is 35.4 Å². The molecular formula is C15H22N2O3S2. The zero-order valence-electron chi connectivity index (χ0n) is 12.9. The lowest BCUT2D eigenvalue weighted by Gasteiger charge is -2.12. The number of nitrogens with one attached hydrogen (secondary N) is 1. The van der Waals surface area contributed by atoms with Gasteiger partial charge in [-0.25, -0.2) is 4.72 Å². The van der Waals surface area contributed by atoms with Gasteiger partial charge in [-0.15, -0.1) is 0 Å². The molecule has 7 heteroatoms. The van der Waals surface area contributed by atoms with Crippen molar-refractivity contribution in [3.8, 4) is 0 Å². The number of carbonyl (C=O) groups excluding carboxylic acids is 1. The van der Waals surface area contributed by atoms with Gasteiger partial charge in [-0.3, -0.25) is 4.79 Å². The Kier molecular flexibility index (Phi) is 5.88. The van der Waals surface area contributed by atoms with Gasteiger partial charge in [0.1, 0.15) is 0 Å². The molecule has 0 aliphatic carbocycles. The van der Waals surface area contributed by atoms with E-state index < -0.39 is 16.1 Å². The zero-order chi connectivity index (χ0) is 16.2. The molecule has 1 amide bonds. The Morgan fingerprint density at radius 1 is 1.23 bits per heavy atom.